The molecule has 0 aromatic carbocycles. The van der Waals surface area contributed by atoms with Gasteiger partial charge in [-0.15, -0.1) is 0 Å². The highest BCUT2D eigenvalue weighted by molar-refractivity contribution is 5.81. The molecular formula is C16H23F3N4O. The van der Waals surface area contributed by atoms with E-state index in [-0.39, 0.29) is 24.9 Å². The highest BCUT2D eigenvalue weighted by atomic mass is 19.4. The number of aryl methyl sites for hydroxylation is 1. The van der Waals surface area contributed by atoms with E-state index in [0.29, 0.717) is 19.4 Å². The number of likely N-dealkylation sites (tertiary alicyclic amines) is 1. The molecule has 0 saturated carbocycles. The third-order valence-electron chi connectivity index (χ3n) is 4.10. The zero-order valence-corrected chi connectivity index (χ0v) is 14.2. The van der Waals surface area contributed by atoms with Crippen LogP contribution in [0.25, 0.3) is 0 Å². The summed E-state index contributed by atoms with van der Waals surface area (Å²) in [5, 5.41) is 3.25. The molecule has 5 nitrogen and oxygen atoms in total. The van der Waals surface area contributed by atoms with Gasteiger partial charge in [0, 0.05) is 37.3 Å². The highest BCUT2D eigenvalue weighted by Gasteiger charge is 2.43. The summed E-state index contributed by atoms with van der Waals surface area (Å²) in [5.41, 5.74) is 0.877. The normalized spacial score (nSPS) is 16.5. The molecule has 1 amide bonds. The van der Waals surface area contributed by atoms with E-state index in [1.165, 1.54) is 0 Å². The number of halogens is 3. The Balaban J connectivity index is 1.86. The number of aromatic nitrogens is 2. The van der Waals surface area contributed by atoms with Gasteiger partial charge in [0.1, 0.15) is 11.6 Å². The first-order valence-electron chi connectivity index (χ1n) is 8.12. The SMILES string of the molecule is Cc1cc(NCC2CCN(C(=O)C(F)(F)F)CC2)nc(C(C)C)n1. The van der Waals surface area contributed by atoms with Crippen LogP contribution >= 0.6 is 0 Å². The lowest BCUT2D eigenvalue weighted by atomic mass is 9.96. The first-order valence-corrected chi connectivity index (χ1v) is 8.12. The van der Waals surface area contributed by atoms with Gasteiger partial charge in [0.15, 0.2) is 0 Å². The van der Waals surface area contributed by atoms with E-state index in [9.17, 15) is 18.0 Å². The number of hydrogen-bond acceptors (Lipinski definition) is 4. The van der Waals surface area contributed by atoms with Crippen molar-refractivity contribution in [3.8, 4) is 0 Å². The molecule has 0 atom stereocenters. The van der Waals surface area contributed by atoms with E-state index in [1.54, 1.807) is 0 Å². The van der Waals surface area contributed by atoms with Crippen molar-refractivity contribution in [1.82, 2.24) is 14.9 Å². The Morgan fingerprint density at radius 3 is 2.50 bits per heavy atom. The molecule has 0 unspecified atom stereocenters. The Morgan fingerprint density at radius 2 is 1.96 bits per heavy atom. The molecule has 134 valence electrons. The third-order valence-corrected chi connectivity index (χ3v) is 4.10. The van der Waals surface area contributed by atoms with E-state index < -0.39 is 12.1 Å². The third kappa shape index (κ3) is 4.82. The molecule has 2 heterocycles. The van der Waals surface area contributed by atoms with Crippen molar-refractivity contribution >= 4 is 11.7 Å². The number of carbonyl (C=O) groups excluding carboxylic acids is 1. The minimum atomic E-state index is -4.78. The average Bonchev–Trinajstić information content (AvgIpc) is 2.51. The summed E-state index contributed by atoms with van der Waals surface area (Å²) in [7, 11) is 0. The lowest BCUT2D eigenvalue weighted by Gasteiger charge is -2.32. The molecule has 1 N–H and O–H groups in total. The number of nitrogens with zero attached hydrogens (tertiary/aromatic N) is 3. The Kier molecular flexibility index (Phi) is 5.66. The second kappa shape index (κ2) is 7.36. The van der Waals surface area contributed by atoms with Crippen molar-refractivity contribution in [2.24, 2.45) is 5.92 Å². The molecule has 0 aliphatic carbocycles. The van der Waals surface area contributed by atoms with Crippen LogP contribution in [0.1, 0.15) is 44.1 Å². The number of piperidine rings is 1. The second-order valence-corrected chi connectivity index (χ2v) is 6.52. The number of amides is 1. The Morgan fingerprint density at radius 1 is 1.33 bits per heavy atom. The lowest BCUT2D eigenvalue weighted by Crippen LogP contribution is -2.46. The predicted octanol–water partition coefficient (Wildman–Crippen LogP) is 3.12. The van der Waals surface area contributed by atoms with Gasteiger partial charge in [-0.25, -0.2) is 9.97 Å². The van der Waals surface area contributed by atoms with Gasteiger partial charge in [0.05, 0.1) is 0 Å². The Bertz CT molecular complexity index is 581. The summed E-state index contributed by atoms with van der Waals surface area (Å²) in [4.78, 5) is 20.9. The summed E-state index contributed by atoms with van der Waals surface area (Å²) in [5.74, 6) is 0.215. The molecule has 1 aliphatic rings. The summed E-state index contributed by atoms with van der Waals surface area (Å²) in [6.07, 6.45) is -3.68. The molecule has 1 aromatic heterocycles. The number of carbonyl (C=O) groups is 1. The molecule has 1 aromatic rings. The minimum Gasteiger partial charge on any atom is -0.370 e. The van der Waals surface area contributed by atoms with E-state index >= 15 is 0 Å². The highest BCUT2D eigenvalue weighted by Crippen LogP contribution is 2.24. The van der Waals surface area contributed by atoms with Gasteiger partial charge in [0.2, 0.25) is 0 Å². The van der Waals surface area contributed by atoms with Crippen LogP contribution < -0.4 is 5.32 Å². The molecule has 8 heteroatoms. The van der Waals surface area contributed by atoms with E-state index in [4.69, 9.17) is 0 Å². The van der Waals surface area contributed by atoms with Crippen LogP contribution in [0.2, 0.25) is 0 Å². The number of nitrogens with one attached hydrogen (secondary N) is 1. The molecule has 0 bridgehead atoms. The summed E-state index contributed by atoms with van der Waals surface area (Å²) in [6.45, 7) is 6.86. The van der Waals surface area contributed by atoms with Crippen molar-refractivity contribution in [2.45, 2.75) is 45.7 Å². The predicted molar refractivity (Wildman–Crippen MR) is 84.7 cm³/mol. The van der Waals surface area contributed by atoms with Gasteiger partial charge in [-0.2, -0.15) is 13.2 Å². The number of alkyl halides is 3. The van der Waals surface area contributed by atoms with Crippen LogP contribution in [0.15, 0.2) is 6.07 Å². The molecule has 0 spiro atoms. The first kappa shape index (κ1) is 18.5. The summed E-state index contributed by atoms with van der Waals surface area (Å²) < 4.78 is 37.3. The topological polar surface area (TPSA) is 58.1 Å². The monoisotopic (exact) mass is 344 g/mol. The summed E-state index contributed by atoms with van der Waals surface area (Å²) >= 11 is 0. The van der Waals surface area contributed by atoms with Gasteiger partial charge < -0.3 is 10.2 Å². The maximum atomic E-state index is 12.4. The van der Waals surface area contributed by atoms with E-state index in [1.807, 2.05) is 26.8 Å². The van der Waals surface area contributed by atoms with Gasteiger partial charge in [-0.05, 0) is 25.7 Å². The van der Waals surface area contributed by atoms with Crippen molar-refractivity contribution in [3.05, 3.63) is 17.6 Å². The maximum absolute atomic E-state index is 12.4. The van der Waals surface area contributed by atoms with Crippen LogP contribution in [0, 0.1) is 12.8 Å². The molecular weight excluding hydrogens is 321 g/mol. The second-order valence-electron chi connectivity index (χ2n) is 6.52. The van der Waals surface area contributed by atoms with Crippen molar-refractivity contribution in [2.75, 3.05) is 25.0 Å². The van der Waals surface area contributed by atoms with Gasteiger partial charge in [-0.1, -0.05) is 13.8 Å². The lowest BCUT2D eigenvalue weighted by molar-refractivity contribution is -0.186. The molecule has 24 heavy (non-hydrogen) atoms. The quantitative estimate of drug-likeness (QED) is 0.912. The largest absolute Gasteiger partial charge is 0.471 e. The molecule has 1 fully saturated rings. The van der Waals surface area contributed by atoms with E-state index in [2.05, 4.69) is 15.3 Å². The van der Waals surface area contributed by atoms with Crippen molar-refractivity contribution in [1.29, 1.82) is 0 Å². The Hall–Kier alpha value is -1.86. The van der Waals surface area contributed by atoms with Crippen LogP contribution in [0.5, 0.6) is 0 Å². The standard InChI is InChI=1S/C16H23F3N4O/c1-10(2)14-21-11(3)8-13(22-14)20-9-12-4-6-23(7-5-12)15(24)16(17,18)19/h8,10,12H,4-7,9H2,1-3H3,(H,20,21,22). The fourth-order valence-corrected chi connectivity index (χ4v) is 2.71. The fourth-order valence-electron chi connectivity index (χ4n) is 2.71. The molecule has 1 aliphatic heterocycles. The maximum Gasteiger partial charge on any atom is 0.471 e. The first-order chi connectivity index (χ1) is 11.2. The minimum absolute atomic E-state index is 0.144. The summed E-state index contributed by atoms with van der Waals surface area (Å²) in [6, 6.07) is 1.86. The van der Waals surface area contributed by atoms with Crippen molar-refractivity contribution < 1.29 is 18.0 Å². The number of hydrogen-bond donors (Lipinski definition) is 1. The molecule has 1 saturated heterocycles. The van der Waals surface area contributed by atoms with E-state index in [0.717, 1.165) is 22.2 Å². The average molecular weight is 344 g/mol. The molecule has 2 rings (SSSR count). The molecule has 0 radical (unpaired) electrons. The van der Waals surface area contributed by atoms with Crippen LogP contribution in [-0.4, -0.2) is 46.6 Å². The number of rotatable bonds is 4. The Labute approximate surface area is 139 Å². The van der Waals surface area contributed by atoms with Crippen molar-refractivity contribution in [3.63, 3.8) is 0 Å². The zero-order valence-electron chi connectivity index (χ0n) is 14.2. The zero-order chi connectivity index (χ0) is 17.9. The fraction of sp³-hybridized carbons (Fsp3) is 0.688. The van der Waals surface area contributed by atoms with Gasteiger partial charge in [0.25, 0.3) is 0 Å². The van der Waals surface area contributed by atoms with Gasteiger partial charge >= 0.3 is 12.1 Å². The van der Waals surface area contributed by atoms with Gasteiger partial charge in [-0.3, -0.25) is 4.79 Å². The smallest absolute Gasteiger partial charge is 0.370 e. The van der Waals surface area contributed by atoms with Crippen LogP contribution in [0.4, 0.5) is 19.0 Å². The number of anilines is 1. The van der Waals surface area contributed by atoms with Crippen LogP contribution in [0.3, 0.4) is 0 Å². The van der Waals surface area contributed by atoms with Crippen LogP contribution in [-0.2, 0) is 4.79 Å².